The Kier molecular flexibility index (Phi) is 5.16. The minimum Gasteiger partial charge on any atom is -0.207 e. The molecule has 0 spiro atoms. The molecule has 0 fully saturated rings. The predicted molar refractivity (Wildman–Crippen MR) is 94.4 cm³/mol. The second-order valence-electron chi connectivity index (χ2n) is 5.76. The molecule has 0 heterocycles. The second-order valence-corrected chi connectivity index (χ2v) is 7.91. The lowest BCUT2D eigenvalue weighted by Gasteiger charge is -2.12. The van der Waals surface area contributed by atoms with Crippen molar-refractivity contribution in [3.63, 3.8) is 0 Å². The van der Waals surface area contributed by atoms with Gasteiger partial charge in [-0.25, -0.2) is 17.5 Å². The molecule has 0 aromatic heterocycles. The van der Waals surface area contributed by atoms with Crippen LogP contribution in [0.5, 0.6) is 0 Å². The van der Waals surface area contributed by atoms with E-state index in [0.717, 1.165) is 6.07 Å². The molecule has 0 radical (unpaired) electrons. The summed E-state index contributed by atoms with van der Waals surface area (Å²) in [5, 5.41) is 1.11. The lowest BCUT2D eigenvalue weighted by atomic mass is 10.1. The van der Waals surface area contributed by atoms with E-state index in [1.54, 1.807) is 18.2 Å². The van der Waals surface area contributed by atoms with E-state index in [9.17, 15) is 26.0 Å². The van der Waals surface area contributed by atoms with Gasteiger partial charge >= 0.3 is 6.18 Å². The van der Waals surface area contributed by atoms with Gasteiger partial charge in [-0.05, 0) is 41.3 Å². The Bertz CT molecular complexity index is 1110. The highest BCUT2D eigenvalue weighted by Crippen LogP contribution is 2.31. The molecule has 0 aliphatic rings. The minimum absolute atomic E-state index is 0.113. The summed E-state index contributed by atoms with van der Waals surface area (Å²) in [5.74, 6) is -1.10. The van der Waals surface area contributed by atoms with Crippen molar-refractivity contribution >= 4 is 32.4 Å². The molecule has 0 saturated heterocycles. The van der Waals surface area contributed by atoms with E-state index in [2.05, 4.69) is 4.72 Å². The maximum atomic E-state index is 13.5. The first-order valence-electron chi connectivity index (χ1n) is 7.61. The fourth-order valence-corrected chi connectivity index (χ4v) is 4.26. The smallest absolute Gasteiger partial charge is 0.207 e. The highest BCUT2D eigenvalue weighted by atomic mass is 35.5. The van der Waals surface area contributed by atoms with Gasteiger partial charge in [0.25, 0.3) is 0 Å². The third-order valence-corrected chi connectivity index (χ3v) is 5.61. The van der Waals surface area contributed by atoms with Crippen LogP contribution in [0.2, 0.25) is 5.02 Å². The van der Waals surface area contributed by atoms with Gasteiger partial charge in [-0.2, -0.15) is 13.2 Å². The van der Waals surface area contributed by atoms with Crippen LogP contribution in [0.15, 0.2) is 59.5 Å². The second kappa shape index (κ2) is 7.10. The van der Waals surface area contributed by atoms with Gasteiger partial charge in [0.15, 0.2) is 0 Å². The number of nitrogens with one attached hydrogen (secondary N) is 1. The molecule has 3 aromatic carbocycles. The average molecular weight is 418 g/mol. The molecule has 1 N–H and O–H groups in total. The quantitative estimate of drug-likeness (QED) is 0.598. The molecule has 3 rings (SSSR count). The maximum absolute atomic E-state index is 13.5. The van der Waals surface area contributed by atoms with Crippen molar-refractivity contribution < 1.29 is 26.0 Å². The van der Waals surface area contributed by atoms with Gasteiger partial charge in [-0.1, -0.05) is 35.9 Å². The van der Waals surface area contributed by atoms with E-state index in [0.29, 0.717) is 22.9 Å². The zero-order chi connectivity index (χ0) is 19.8. The van der Waals surface area contributed by atoms with E-state index in [1.165, 1.54) is 18.2 Å². The molecule has 0 aliphatic heterocycles. The number of rotatable bonds is 4. The van der Waals surface area contributed by atoms with Crippen LogP contribution in [0, 0.1) is 5.82 Å². The van der Waals surface area contributed by atoms with Gasteiger partial charge in [0.05, 0.1) is 10.5 Å². The molecule has 0 aliphatic carbocycles. The highest BCUT2D eigenvalue weighted by molar-refractivity contribution is 7.89. The molecule has 0 bridgehead atoms. The summed E-state index contributed by atoms with van der Waals surface area (Å²) >= 11 is 6.11. The van der Waals surface area contributed by atoms with Crippen LogP contribution in [0.3, 0.4) is 0 Å². The first-order valence-corrected chi connectivity index (χ1v) is 9.47. The number of benzene rings is 3. The Hall–Kier alpha value is -2.16. The zero-order valence-corrected chi connectivity index (χ0v) is 15.1. The number of fused-ring (bicyclic) bond motifs is 1. The van der Waals surface area contributed by atoms with Gasteiger partial charge in [0, 0.05) is 17.0 Å². The van der Waals surface area contributed by atoms with E-state index < -0.39 is 34.1 Å². The van der Waals surface area contributed by atoms with Crippen molar-refractivity contribution in [2.75, 3.05) is 0 Å². The van der Waals surface area contributed by atoms with Crippen molar-refractivity contribution in [1.29, 1.82) is 0 Å². The molecule has 0 saturated carbocycles. The van der Waals surface area contributed by atoms with Crippen LogP contribution in [-0.2, 0) is 22.7 Å². The fraction of sp³-hybridized carbons (Fsp3) is 0.111. The van der Waals surface area contributed by atoms with Crippen LogP contribution in [0.25, 0.3) is 10.8 Å². The normalized spacial score (nSPS) is 12.5. The predicted octanol–water partition coefficient (Wildman–Crippen LogP) is 5.13. The molecule has 0 amide bonds. The van der Waals surface area contributed by atoms with Gasteiger partial charge < -0.3 is 0 Å². The van der Waals surface area contributed by atoms with Crippen LogP contribution in [-0.4, -0.2) is 8.42 Å². The summed E-state index contributed by atoms with van der Waals surface area (Å²) in [5.41, 5.74) is -1.35. The third kappa shape index (κ3) is 4.23. The van der Waals surface area contributed by atoms with Gasteiger partial charge in [-0.3, -0.25) is 0 Å². The monoisotopic (exact) mass is 417 g/mol. The first kappa shape index (κ1) is 19.6. The lowest BCUT2D eigenvalue weighted by Crippen LogP contribution is -2.24. The average Bonchev–Trinajstić information content (AvgIpc) is 2.59. The fourth-order valence-electron chi connectivity index (χ4n) is 2.66. The highest BCUT2D eigenvalue weighted by Gasteiger charge is 2.31. The van der Waals surface area contributed by atoms with Crippen LogP contribution in [0.1, 0.15) is 11.1 Å². The summed E-state index contributed by atoms with van der Waals surface area (Å²) in [4.78, 5) is -0.113. The molecule has 0 atom stereocenters. The van der Waals surface area contributed by atoms with Crippen LogP contribution in [0.4, 0.5) is 17.6 Å². The lowest BCUT2D eigenvalue weighted by molar-refractivity contribution is -0.137. The summed E-state index contributed by atoms with van der Waals surface area (Å²) in [6, 6.07) is 11.3. The molecule has 3 aromatic rings. The third-order valence-electron chi connectivity index (χ3n) is 3.86. The van der Waals surface area contributed by atoms with Crippen LogP contribution < -0.4 is 4.72 Å². The summed E-state index contributed by atoms with van der Waals surface area (Å²) in [6.45, 7) is -0.510. The molecule has 9 heteroatoms. The summed E-state index contributed by atoms with van der Waals surface area (Å²) in [7, 11) is -4.11. The SMILES string of the molecule is O=S(=O)(NCc1cc(F)cc(C(F)(F)F)c1)c1cccc2cccc(Cl)c12. The molecule has 3 nitrogen and oxygen atoms in total. The largest absolute Gasteiger partial charge is 0.416 e. The molecular weight excluding hydrogens is 406 g/mol. The van der Waals surface area contributed by atoms with Crippen molar-refractivity contribution in [1.82, 2.24) is 4.72 Å². The Balaban J connectivity index is 1.95. The summed E-state index contributed by atoms with van der Waals surface area (Å²) < 4.78 is 79.3. The van der Waals surface area contributed by atoms with E-state index >= 15 is 0 Å². The zero-order valence-electron chi connectivity index (χ0n) is 13.5. The van der Waals surface area contributed by atoms with Crippen molar-refractivity contribution in [2.24, 2.45) is 0 Å². The van der Waals surface area contributed by atoms with E-state index in [1.807, 2.05) is 0 Å². The van der Waals surface area contributed by atoms with Crippen molar-refractivity contribution in [3.05, 3.63) is 76.6 Å². The van der Waals surface area contributed by atoms with Crippen LogP contribution >= 0.6 is 11.6 Å². The van der Waals surface area contributed by atoms with E-state index in [-0.39, 0.29) is 15.5 Å². The number of sulfonamides is 1. The maximum Gasteiger partial charge on any atom is 0.416 e. The van der Waals surface area contributed by atoms with Gasteiger partial charge in [0.1, 0.15) is 5.82 Å². The standard InChI is InChI=1S/C18H12ClF4NO2S/c19-15-5-1-3-12-4-2-6-16(17(12)15)27(25,26)24-10-11-7-13(18(21,22)23)9-14(20)8-11/h1-9,24H,10H2. The molecule has 27 heavy (non-hydrogen) atoms. The number of hydrogen-bond donors (Lipinski definition) is 1. The summed E-state index contributed by atoms with van der Waals surface area (Å²) in [6.07, 6.45) is -4.74. The van der Waals surface area contributed by atoms with Gasteiger partial charge in [0.2, 0.25) is 10.0 Å². The number of alkyl halides is 3. The first-order chi connectivity index (χ1) is 12.6. The molecule has 142 valence electrons. The number of halogens is 5. The topological polar surface area (TPSA) is 46.2 Å². The van der Waals surface area contributed by atoms with Crippen molar-refractivity contribution in [3.8, 4) is 0 Å². The Morgan fingerprint density at radius 3 is 2.33 bits per heavy atom. The van der Waals surface area contributed by atoms with E-state index in [4.69, 9.17) is 11.6 Å². The van der Waals surface area contributed by atoms with Crippen molar-refractivity contribution in [2.45, 2.75) is 17.6 Å². The minimum atomic E-state index is -4.74. The Morgan fingerprint density at radius 2 is 1.67 bits per heavy atom. The van der Waals surface area contributed by atoms with Gasteiger partial charge in [-0.15, -0.1) is 0 Å². The Labute approximate surface area is 157 Å². The molecule has 0 unspecified atom stereocenters. The molecular formula is C18H12ClF4NO2S. The number of hydrogen-bond acceptors (Lipinski definition) is 2. The Morgan fingerprint density at radius 1 is 1.00 bits per heavy atom.